The second kappa shape index (κ2) is 9.28. The zero-order chi connectivity index (χ0) is 23.5. The van der Waals surface area contributed by atoms with E-state index in [1.807, 2.05) is 30.3 Å². The van der Waals surface area contributed by atoms with Gasteiger partial charge < -0.3 is 15.0 Å². The molecule has 0 saturated carbocycles. The Morgan fingerprint density at radius 2 is 1.82 bits per heavy atom. The fourth-order valence-electron chi connectivity index (χ4n) is 4.13. The number of aryl methyl sites for hydroxylation is 1. The smallest absolute Gasteiger partial charge is 0.296 e. The number of ketones is 1. The van der Waals surface area contributed by atoms with Crippen LogP contribution >= 0.6 is 0 Å². The van der Waals surface area contributed by atoms with Crippen LogP contribution in [-0.4, -0.2) is 41.0 Å². The first kappa shape index (κ1) is 22.3. The van der Waals surface area contributed by atoms with Crippen molar-refractivity contribution in [2.75, 3.05) is 23.9 Å². The van der Waals surface area contributed by atoms with E-state index in [0.29, 0.717) is 41.5 Å². The van der Waals surface area contributed by atoms with Gasteiger partial charge in [0.15, 0.2) is 0 Å². The molecule has 0 unspecified atom stereocenters. The van der Waals surface area contributed by atoms with Gasteiger partial charge in [0.25, 0.3) is 11.7 Å². The minimum Gasteiger partial charge on any atom is -0.495 e. The molecule has 170 valence electrons. The summed E-state index contributed by atoms with van der Waals surface area (Å²) in [6, 6.07) is 14.4. The SMILES string of the molecule is COc1ccc(NC(=O)C(=O)c2c(C)nn(-c3ccccc3)c2C)cc1N1CCCCC1=O. The Kier molecular flexibility index (Phi) is 6.26. The molecule has 33 heavy (non-hydrogen) atoms. The highest BCUT2D eigenvalue weighted by atomic mass is 16.5. The van der Waals surface area contributed by atoms with Gasteiger partial charge >= 0.3 is 0 Å². The molecule has 4 rings (SSSR count). The Morgan fingerprint density at radius 1 is 1.06 bits per heavy atom. The van der Waals surface area contributed by atoms with Crippen molar-refractivity contribution in [3.8, 4) is 11.4 Å². The highest BCUT2D eigenvalue weighted by Gasteiger charge is 2.27. The molecular weight excluding hydrogens is 420 g/mol. The number of carbonyl (C=O) groups excluding carboxylic acids is 3. The zero-order valence-corrected chi connectivity index (χ0v) is 18.9. The lowest BCUT2D eigenvalue weighted by molar-refractivity contribution is -0.119. The fraction of sp³-hybridized carbons (Fsp3) is 0.280. The van der Waals surface area contributed by atoms with Gasteiger partial charge in [0.2, 0.25) is 5.91 Å². The Morgan fingerprint density at radius 3 is 2.52 bits per heavy atom. The molecule has 3 aromatic rings. The Balaban J connectivity index is 1.59. The van der Waals surface area contributed by atoms with E-state index in [1.54, 1.807) is 41.6 Å². The topological polar surface area (TPSA) is 93.5 Å². The van der Waals surface area contributed by atoms with Crippen LogP contribution in [-0.2, 0) is 9.59 Å². The molecule has 2 heterocycles. The molecule has 1 aliphatic heterocycles. The summed E-state index contributed by atoms with van der Waals surface area (Å²) in [5.74, 6) is -0.891. The fourth-order valence-corrected chi connectivity index (χ4v) is 4.13. The highest BCUT2D eigenvalue weighted by Crippen LogP contribution is 2.33. The predicted molar refractivity (Wildman–Crippen MR) is 125 cm³/mol. The number of hydrogen-bond donors (Lipinski definition) is 1. The quantitative estimate of drug-likeness (QED) is 0.459. The number of aromatic nitrogens is 2. The first-order valence-corrected chi connectivity index (χ1v) is 10.9. The minimum atomic E-state index is -0.769. The Labute approximate surface area is 192 Å². The number of hydrogen-bond acceptors (Lipinski definition) is 5. The van der Waals surface area contributed by atoms with Gasteiger partial charge in [-0.15, -0.1) is 0 Å². The molecule has 0 spiro atoms. The number of nitrogens with zero attached hydrogens (tertiary/aromatic N) is 3. The van der Waals surface area contributed by atoms with E-state index in [4.69, 9.17) is 4.74 Å². The highest BCUT2D eigenvalue weighted by molar-refractivity contribution is 6.47. The number of piperidine rings is 1. The summed E-state index contributed by atoms with van der Waals surface area (Å²) in [6.07, 6.45) is 2.23. The second-order valence-electron chi connectivity index (χ2n) is 7.97. The van der Waals surface area contributed by atoms with Crippen molar-refractivity contribution in [3.05, 3.63) is 65.5 Å². The van der Waals surface area contributed by atoms with E-state index in [0.717, 1.165) is 18.5 Å². The third-order valence-corrected chi connectivity index (χ3v) is 5.78. The normalized spacial score (nSPS) is 13.7. The van der Waals surface area contributed by atoms with E-state index >= 15 is 0 Å². The minimum absolute atomic E-state index is 0.0127. The van der Waals surface area contributed by atoms with Crippen LogP contribution < -0.4 is 15.0 Å². The van der Waals surface area contributed by atoms with Crippen molar-refractivity contribution in [3.63, 3.8) is 0 Å². The maximum absolute atomic E-state index is 13.0. The number of ether oxygens (including phenoxy) is 1. The van der Waals surface area contributed by atoms with Crippen LogP contribution in [0.2, 0.25) is 0 Å². The van der Waals surface area contributed by atoms with Gasteiger partial charge in [-0.25, -0.2) is 4.68 Å². The lowest BCUT2D eigenvalue weighted by Crippen LogP contribution is -2.35. The molecule has 8 heteroatoms. The number of amides is 2. The van der Waals surface area contributed by atoms with Gasteiger partial charge in [-0.3, -0.25) is 14.4 Å². The van der Waals surface area contributed by atoms with Gasteiger partial charge in [0, 0.05) is 18.7 Å². The third-order valence-electron chi connectivity index (χ3n) is 5.78. The van der Waals surface area contributed by atoms with Crippen molar-refractivity contribution >= 4 is 29.0 Å². The van der Waals surface area contributed by atoms with E-state index in [9.17, 15) is 14.4 Å². The number of nitrogens with one attached hydrogen (secondary N) is 1. The zero-order valence-electron chi connectivity index (χ0n) is 18.9. The Bertz CT molecular complexity index is 1220. The average molecular weight is 447 g/mol. The molecule has 0 radical (unpaired) electrons. The number of Topliss-reactive ketones (excluding diaryl/α,β-unsaturated/α-hetero) is 1. The van der Waals surface area contributed by atoms with Crippen molar-refractivity contribution in [1.82, 2.24) is 9.78 Å². The van der Waals surface area contributed by atoms with Gasteiger partial charge in [-0.05, 0) is 57.0 Å². The molecule has 1 aromatic heterocycles. The third kappa shape index (κ3) is 4.37. The van der Waals surface area contributed by atoms with Gasteiger partial charge in [-0.1, -0.05) is 18.2 Å². The summed E-state index contributed by atoms with van der Waals surface area (Å²) in [4.78, 5) is 40.0. The van der Waals surface area contributed by atoms with Crippen LogP contribution in [0.15, 0.2) is 48.5 Å². The van der Waals surface area contributed by atoms with Crippen LogP contribution in [0.4, 0.5) is 11.4 Å². The van der Waals surface area contributed by atoms with Crippen LogP contribution in [0.25, 0.3) is 5.69 Å². The number of benzene rings is 2. The van der Waals surface area contributed by atoms with E-state index < -0.39 is 11.7 Å². The molecule has 1 saturated heterocycles. The van der Waals surface area contributed by atoms with Gasteiger partial charge in [0.1, 0.15) is 5.75 Å². The van der Waals surface area contributed by atoms with Crippen molar-refractivity contribution in [2.24, 2.45) is 0 Å². The molecular formula is C25H26N4O4. The average Bonchev–Trinajstić information content (AvgIpc) is 3.13. The molecule has 2 aromatic carbocycles. The maximum atomic E-state index is 13.0. The summed E-state index contributed by atoms with van der Waals surface area (Å²) in [7, 11) is 1.53. The van der Waals surface area contributed by atoms with Gasteiger partial charge in [0.05, 0.1) is 35.4 Å². The van der Waals surface area contributed by atoms with Crippen LogP contribution in [0.5, 0.6) is 5.75 Å². The number of methoxy groups -OCH3 is 1. The van der Waals surface area contributed by atoms with Crippen molar-refractivity contribution < 1.29 is 19.1 Å². The monoisotopic (exact) mass is 446 g/mol. The summed E-state index contributed by atoms with van der Waals surface area (Å²) in [5.41, 5.74) is 3.14. The first-order chi connectivity index (χ1) is 15.9. The summed E-state index contributed by atoms with van der Waals surface area (Å²) >= 11 is 0. The predicted octanol–water partition coefficient (Wildman–Crippen LogP) is 3.84. The summed E-state index contributed by atoms with van der Waals surface area (Å²) in [5, 5.41) is 7.12. The molecule has 8 nitrogen and oxygen atoms in total. The summed E-state index contributed by atoms with van der Waals surface area (Å²) in [6.45, 7) is 4.06. The number of anilines is 2. The molecule has 0 aliphatic carbocycles. The van der Waals surface area contributed by atoms with E-state index in [-0.39, 0.29) is 11.5 Å². The molecule has 0 atom stereocenters. The number of para-hydroxylation sites is 1. The van der Waals surface area contributed by atoms with E-state index in [1.165, 1.54) is 7.11 Å². The number of carbonyl (C=O) groups is 3. The van der Waals surface area contributed by atoms with Crippen molar-refractivity contribution in [1.29, 1.82) is 0 Å². The molecule has 2 amide bonds. The molecule has 1 N–H and O–H groups in total. The van der Waals surface area contributed by atoms with E-state index in [2.05, 4.69) is 10.4 Å². The number of rotatable bonds is 6. The molecule has 1 fully saturated rings. The maximum Gasteiger partial charge on any atom is 0.296 e. The van der Waals surface area contributed by atoms with Crippen LogP contribution in [0.1, 0.15) is 41.0 Å². The molecule has 0 bridgehead atoms. The standard InChI is InChI=1S/C25H26N4O4/c1-16-23(17(2)29(27-16)19-9-5-4-6-10-19)24(31)25(32)26-18-12-13-21(33-3)20(15-18)28-14-8-7-11-22(28)30/h4-6,9-10,12-13,15H,7-8,11,14H2,1-3H3,(H,26,32). The second-order valence-corrected chi connectivity index (χ2v) is 7.97. The molecule has 1 aliphatic rings. The van der Waals surface area contributed by atoms with Crippen molar-refractivity contribution in [2.45, 2.75) is 33.1 Å². The largest absolute Gasteiger partial charge is 0.495 e. The van der Waals surface area contributed by atoms with Gasteiger partial charge in [-0.2, -0.15) is 5.10 Å². The first-order valence-electron chi connectivity index (χ1n) is 10.9. The summed E-state index contributed by atoms with van der Waals surface area (Å²) < 4.78 is 7.07. The lowest BCUT2D eigenvalue weighted by atomic mass is 10.1. The lowest BCUT2D eigenvalue weighted by Gasteiger charge is -2.28. The van der Waals surface area contributed by atoms with Crippen LogP contribution in [0, 0.1) is 13.8 Å². The van der Waals surface area contributed by atoms with Crippen LogP contribution in [0.3, 0.4) is 0 Å². The Hall–Kier alpha value is -3.94.